The monoisotopic (exact) mass is 705 g/mol. The largest absolute Gasteiger partial charge is 0.494 e. The number of amides is 2. The van der Waals surface area contributed by atoms with Gasteiger partial charge in [0, 0.05) is 23.5 Å². The molecular formula is C36H40BrN3O5S. The summed E-state index contributed by atoms with van der Waals surface area (Å²) in [6.07, 6.45) is 0.250. The number of hydrogen-bond donors (Lipinski definition) is 1. The Labute approximate surface area is 280 Å². The lowest BCUT2D eigenvalue weighted by Crippen LogP contribution is -2.54. The van der Waals surface area contributed by atoms with Crippen molar-refractivity contribution in [1.82, 2.24) is 10.2 Å². The van der Waals surface area contributed by atoms with Gasteiger partial charge in [0.25, 0.3) is 10.0 Å². The fraction of sp³-hybridized carbons (Fsp3) is 0.278. The predicted molar refractivity (Wildman–Crippen MR) is 185 cm³/mol. The van der Waals surface area contributed by atoms with Crippen LogP contribution in [0.25, 0.3) is 0 Å². The normalized spacial score (nSPS) is 12.0. The first-order valence-corrected chi connectivity index (χ1v) is 17.4. The Hall–Kier alpha value is -4.15. The van der Waals surface area contributed by atoms with Crippen LogP contribution in [0.15, 0.2) is 112 Å². The molecule has 1 N–H and O–H groups in total. The topological polar surface area (TPSA) is 96.0 Å². The highest BCUT2D eigenvalue weighted by Gasteiger charge is 2.35. The Bertz CT molecular complexity index is 1710. The van der Waals surface area contributed by atoms with E-state index in [0.29, 0.717) is 18.0 Å². The van der Waals surface area contributed by atoms with Crippen LogP contribution < -0.4 is 14.4 Å². The van der Waals surface area contributed by atoms with Crippen molar-refractivity contribution in [1.29, 1.82) is 0 Å². The van der Waals surface area contributed by atoms with Crippen LogP contribution in [0, 0.1) is 6.92 Å². The van der Waals surface area contributed by atoms with Gasteiger partial charge < -0.3 is 15.0 Å². The Balaban J connectivity index is 1.81. The van der Waals surface area contributed by atoms with Crippen LogP contribution in [-0.2, 0) is 32.6 Å². The van der Waals surface area contributed by atoms with E-state index >= 15 is 0 Å². The van der Waals surface area contributed by atoms with E-state index in [2.05, 4.69) is 21.2 Å². The molecule has 4 rings (SSSR count). The fourth-order valence-corrected chi connectivity index (χ4v) is 6.72. The minimum atomic E-state index is -4.21. The summed E-state index contributed by atoms with van der Waals surface area (Å²) in [4.78, 5) is 29.9. The number of hydrogen-bond acceptors (Lipinski definition) is 5. The Kier molecular flexibility index (Phi) is 12.0. The van der Waals surface area contributed by atoms with Gasteiger partial charge in [0.15, 0.2) is 0 Å². The highest BCUT2D eigenvalue weighted by molar-refractivity contribution is 9.10. The van der Waals surface area contributed by atoms with Crippen LogP contribution in [0.1, 0.15) is 37.5 Å². The molecule has 0 saturated heterocycles. The zero-order valence-corrected chi connectivity index (χ0v) is 28.9. The zero-order valence-electron chi connectivity index (χ0n) is 26.5. The third kappa shape index (κ3) is 8.98. The van der Waals surface area contributed by atoms with Crippen LogP contribution >= 0.6 is 15.9 Å². The number of aryl methyl sites for hydroxylation is 1. The van der Waals surface area contributed by atoms with Gasteiger partial charge in [-0.1, -0.05) is 70.5 Å². The smallest absolute Gasteiger partial charge is 0.264 e. The second kappa shape index (κ2) is 15.9. The van der Waals surface area contributed by atoms with Crippen LogP contribution in [0.3, 0.4) is 0 Å². The van der Waals surface area contributed by atoms with E-state index < -0.39 is 28.5 Å². The first-order chi connectivity index (χ1) is 22.0. The van der Waals surface area contributed by atoms with Gasteiger partial charge in [-0.05, 0) is 92.9 Å². The quantitative estimate of drug-likeness (QED) is 0.161. The molecule has 0 spiro atoms. The number of carbonyl (C=O) groups is 2. The number of anilines is 1. The second-order valence-corrected chi connectivity index (χ2v) is 14.0. The lowest BCUT2D eigenvalue weighted by molar-refractivity contribution is -0.140. The van der Waals surface area contributed by atoms with E-state index in [-0.39, 0.29) is 29.8 Å². The lowest BCUT2D eigenvalue weighted by Gasteiger charge is -2.34. The summed E-state index contributed by atoms with van der Waals surface area (Å²) in [7, 11) is -4.21. The van der Waals surface area contributed by atoms with Crippen molar-refractivity contribution in [3.05, 3.63) is 124 Å². The summed E-state index contributed by atoms with van der Waals surface area (Å²) < 4.78 is 35.8. The molecule has 2 amide bonds. The maximum atomic E-state index is 14.6. The Morgan fingerprint density at radius 2 is 1.50 bits per heavy atom. The molecule has 0 radical (unpaired) electrons. The standard InChI is InChI=1S/C36H40BrN3O5S/c1-5-45-32-19-17-31(18-20-32)40(46(43,44)33-21-15-30(37)16-22-33)25-35(41)39(24-29-14-10-9-11-27(29)4)34(36(42)38-26(2)3)23-28-12-7-6-8-13-28/h6-22,26,34H,5,23-25H2,1-4H3,(H,38,42)/t34-/m0/s1. The molecule has 10 heteroatoms. The van der Waals surface area contributed by atoms with E-state index in [1.165, 1.54) is 17.0 Å². The third-order valence-electron chi connectivity index (χ3n) is 7.42. The van der Waals surface area contributed by atoms with E-state index in [1.807, 2.05) is 82.3 Å². The Morgan fingerprint density at radius 1 is 0.870 bits per heavy atom. The molecule has 0 aliphatic rings. The maximum Gasteiger partial charge on any atom is 0.264 e. The summed E-state index contributed by atoms with van der Waals surface area (Å²) in [6.45, 7) is 7.58. The molecule has 1 atom stereocenters. The number of benzene rings is 4. The van der Waals surface area contributed by atoms with Crippen LogP contribution in [0.4, 0.5) is 5.69 Å². The molecule has 0 aromatic heterocycles. The number of rotatable bonds is 14. The van der Waals surface area contributed by atoms with Gasteiger partial charge in [-0.3, -0.25) is 13.9 Å². The molecule has 242 valence electrons. The van der Waals surface area contributed by atoms with Crippen molar-refractivity contribution in [2.75, 3.05) is 17.5 Å². The van der Waals surface area contributed by atoms with E-state index in [9.17, 15) is 18.0 Å². The second-order valence-electron chi connectivity index (χ2n) is 11.2. The van der Waals surface area contributed by atoms with E-state index in [0.717, 1.165) is 25.5 Å². The van der Waals surface area contributed by atoms with Gasteiger partial charge >= 0.3 is 0 Å². The van der Waals surface area contributed by atoms with E-state index in [1.54, 1.807) is 36.4 Å². The van der Waals surface area contributed by atoms with Gasteiger partial charge in [-0.25, -0.2) is 8.42 Å². The van der Waals surface area contributed by atoms with Crippen LogP contribution in [-0.4, -0.2) is 50.4 Å². The molecule has 0 unspecified atom stereocenters. The number of sulfonamides is 1. The lowest BCUT2D eigenvalue weighted by atomic mass is 10.0. The SMILES string of the molecule is CCOc1ccc(N(CC(=O)N(Cc2ccccc2C)[C@@H](Cc2ccccc2)C(=O)NC(C)C)S(=O)(=O)c2ccc(Br)cc2)cc1. The van der Waals surface area contributed by atoms with Gasteiger partial charge in [0.1, 0.15) is 18.3 Å². The third-order valence-corrected chi connectivity index (χ3v) is 9.74. The number of carbonyl (C=O) groups excluding carboxylic acids is 2. The molecule has 0 aliphatic carbocycles. The average molecular weight is 707 g/mol. The fourth-order valence-electron chi connectivity index (χ4n) is 5.04. The Morgan fingerprint density at radius 3 is 2.11 bits per heavy atom. The summed E-state index contributed by atoms with van der Waals surface area (Å²) in [6, 6.07) is 28.9. The number of nitrogens with one attached hydrogen (secondary N) is 1. The molecule has 4 aromatic carbocycles. The number of halogens is 1. The number of ether oxygens (including phenoxy) is 1. The molecule has 4 aromatic rings. The minimum absolute atomic E-state index is 0.0289. The highest BCUT2D eigenvalue weighted by Crippen LogP contribution is 2.28. The molecule has 0 aliphatic heterocycles. The van der Waals surface area contributed by atoms with Crippen molar-refractivity contribution >= 4 is 43.5 Å². The van der Waals surface area contributed by atoms with Gasteiger partial charge in [-0.15, -0.1) is 0 Å². The summed E-state index contributed by atoms with van der Waals surface area (Å²) in [5, 5.41) is 2.98. The predicted octanol–water partition coefficient (Wildman–Crippen LogP) is 6.52. The summed E-state index contributed by atoms with van der Waals surface area (Å²) in [5.74, 6) is -0.255. The van der Waals surface area contributed by atoms with Crippen molar-refractivity contribution in [2.45, 2.75) is 57.6 Å². The van der Waals surface area contributed by atoms with Gasteiger partial charge in [0.05, 0.1) is 17.2 Å². The van der Waals surface area contributed by atoms with Crippen molar-refractivity contribution in [3.63, 3.8) is 0 Å². The number of nitrogens with zero attached hydrogens (tertiary/aromatic N) is 2. The highest BCUT2D eigenvalue weighted by atomic mass is 79.9. The first kappa shape index (κ1) is 34.7. The zero-order chi connectivity index (χ0) is 33.3. The molecule has 0 saturated carbocycles. The minimum Gasteiger partial charge on any atom is -0.494 e. The molecular weight excluding hydrogens is 666 g/mol. The average Bonchev–Trinajstić information content (AvgIpc) is 3.03. The molecule has 8 nitrogen and oxygen atoms in total. The molecule has 0 heterocycles. The molecule has 0 fully saturated rings. The first-order valence-electron chi connectivity index (χ1n) is 15.2. The van der Waals surface area contributed by atoms with Crippen molar-refractivity contribution in [2.24, 2.45) is 0 Å². The maximum absolute atomic E-state index is 14.6. The van der Waals surface area contributed by atoms with Gasteiger partial charge in [0.2, 0.25) is 11.8 Å². The summed E-state index contributed by atoms with van der Waals surface area (Å²) >= 11 is 3.37. The van der Waals surface area contributed by atoms with Gasteiger partial charge in [-0.2, -0.15) is 0 Å². The van der Waals surface area contributed by atoms with Crippen LogP contribution in [0.2, 0.25) is 0 Å². The van der Waals surface area contributed by atoms with E-state index in [4.69, 9.17) is 4.74 Å². The van der Waals surface area contributed by atoms with Crippen molar-refractivity contribution in [3.8, 4) is 5.75 Å². The van der Waals surface area contributed by atoms with Crippen LogP contribution in [0.5, 0.6) is 5.75 Å². The summed E-state index contributed by atoms with van der Waals surface area (Å²) in [5.41, 5.74) is 2.98. The molecule has 46 heavy (non-hydrogen) atoms. The van der Waals surface area contributed by atoms with Crippen molar-refractivity contribution < 1.29 is 22.7 Å². The molecule has 0 bridgehead atoms.